The molecule has 2 aliphatic carbocycles. The van der Waals surface area contributed by atoms with Gasteiger partial charge in [-0.05, 0) is 68.9 Å². The van der Waals surface area contributed by atoms with Gasteiger partial charge in [-0.2, -0.15) is 0 Å². The molecule has 5 aliphatic rings. The first-order chi connectivity index (χ1) is 17.6. The van der Waals surface area contributed by atoms with E-state index in [0.717, 1.165) is 41.8 Å². The molecule has 7 rings (SSSR count). The standard InChI is InChI=1S/C30H37N5O/c1-19-17-32-27(18-31-19)29-30(36)35(28-11-3-2-10-26(28)33-29)25-15-22-8-5-9-23(16-25)34(22)24-13-20-6-4-7-21(12-20)14-24/h2-3,10-11,17-18,20-25,31H,1,4-9,12-16H2/t20-,21+,22-,23+,24+,25+. The maximum atomic E-state index is 14.0. The lowest BCUT2D eigenvalue weighted by Crippen LogP contribution is -2.58. The van der Waals surface area contributed by atoms with Gasteiger partial charge in [-0.3, -0.25) is 14.7 Å². The van der Waals surface area contributed by atoms with Crippen molar-refractivity contribution in [1.29, 1.82) is 0 Å². The second kappa shape index (κ2) is 8.98. The Morgan fingerprint density at radius 3 is 2.31 bits per heavy atom. The molecule has 6 atom stereocenters. The predicted octanol–water partition coefficient (Wildman–Crippen LogP) is 5.41. The van der Waals surface area contributed by atoms with Crippen molar-refractivity contribution in [3.8, 4) is 0 Å². The summed E-state index contributed by atoms with van der Waals surface area (Å²) in [4.78, 5) is 26.2. The Morgan fingerprint density at radius 1 is 0.861 bits per heavy atom. The fourth-order valence-corrected chi connectivity index (χ4v) is 8.33. The number of nitrogens with one attached hydrogen (secondary N) is 1. The first-order valence-electron chi connectivity index (χ1n) is 14.1. The number of allylic oxidation sites excluding steroid dienone is 1. The lowest BCUT2D eigenvalue weighted by Gasteiger charge is -2.55. The van der Waals surface area contributed by atoms with Crippen molar-refractivity contribution >= 4 is 22.9 Å². The molecule has 188 valence electrons. The molecule has 0 amide bonds. The summed E-state index contributed by atoms with van der Waals surface area (Å²) in [6.07, 6.45) is 18.0. The zero-order chi connectivity index (χ0) is 24.2. The van der Waals surface area contributed by atoms with Crippen LogP contribution in [0.1, 0.15) is 82.4 Å². The van der Waals surface area contributed by atoms with Crippen LogP contribution in [0.4, 0.5) is 0 Å². The van der Waals surface area contributed by atoms with Crippen LogP contribution in [-0.4, -0.2) is 38.8 Å². The van der Waals surface area contributed by atoms with Gasteiger partial charge in [0, 0.05) is 36.1 Å². The summed E-state index contributed by atoms with van der Waals surface area (Å²) in [6, 6.07) is 10.3. The zero-order valence-electron chi connectivity index (χ0n) is 21.1. The normalized spacial score (nSPS) is 34.3. The van der Waals surface area contributed by atoms with Crippen LogP contribution in [0.25, 0.3) is 16.7 Å². The minimum Gasteiger partial charge on any atom is -0.359 e. The highest BCUT2D eigenvalue weighted by Crippen LogP contribution is 2.47. The van der Waals surface area contributed by atoms with Crippen LogP contribution in [0.3, 0.4) is 0 Å². The predicted molar refractivity (Wildman–Crippen MR) is 145 cm³/mol. The molecule has 0 spiro atoms. The van der Waals surface area contributed by atoms with E-state index in [1.54, 1.807) is 12.4 Å². The first kappa shape index (κ1) is 22.5. The van der Waals surface area contributed by atoms with Gasteiger partial charge in [-0.1, -0.05) is 44.4 Å². The highest BCUT2D eigenvalue weighted by Gasteiger charge is 2.45. The Balaban J connectivity index is 1.24. The van der Waals surface area contributed by atoms with E-state index in [4.69, 9.17) is 4.98 Å². The Kier molecular flexibility index (Phi) is 5.61. The van der Waals surface area contributed by atoms with Crippen molar-refractivity contribution in [3.05, 3.63) is 58.8 Å². The third-order valence-electron chi connectivity index (χ3n) is 9.69. The summed E-state index contributed by atoms with van der Waals surface area (Å²) in [5.41, 5.74) is 3.52. The maximum absolute atomic E-state index is 14.0. The highest BCUT2D eigenvalue weighted by molar-refractivity contribution is 5.86. The summed E-state index contributed by atoms with van der Waals surface area (Å²) in [6.45, 7) is 3.89. The quantitative estimate of drug-likeness (QED) is 0.634. The second-order valence-electron chi connectivity index (χ2n) is 11.9. The first-order valence-corrected chi connectivity index (χ1v) is 14.1. The summed E-state index contributed by atoms with van der Waals surface area (Å²) in [5, 5.41) is 3.10. The van der Waals surface area contributed by atoms with Crippen molar-refractivity contribution in [2.75, 3.05) is 0 Å². The van der Waals surface area contributed by atoms with Gasteiger partial charge in [-0.25, -0.2) is 4.98 Å². The number of benzene rings is 1. The number of para-hydroxylation sites is 2. The summed E-state index contributed by atoms with van der Waals surface area (Å²) in [5.74, 6) is 1.90. The van der Waals surface area contributed by atoms with Crippen molar-refractivity contribution in [2.45, 2.75) is 94.8 Å². The van der Waals surface area contributed by atoms with Crippen molar-refractivity contribution < 1.29 is 0 Å². The Bertz CT molecular complexity index is 1280. The number of fused-ring (bicyclic) bond motifs is 5. The molecule has 0 radical (unpaired) electrons. The Labute approximate surface area is 213 Å². The Hall–Kier alpha value is -2.73. The van der Waals surface area contributed by atoms with Gasteiger partial charge in [0.15, 0.2) is 5.69 Å². The molecular formula is C30H37N5O. The maximum Gasteiger partial charge on any atom is 0.279 e. The van der Waals surface area contributed by atoms with E-state index in [0.29, 0.717) is 29.2 Å². The van der Waals surface area contributed by atoms with E-state index in [-0.39, 0.29) is 11.6 Å². The van der Waals surface area contributed by atoms with Crippen LogP contribution < -0.4 is 10.9 Å². The topological polar surface area (TPSA) is 62.5 Å². The van der Waals surface area contributed by atoms with Gasteiger partial charge in [0.05, 0.1) is 17.2 Å². The minimum atomic E-state index is -0.0184. The second-order valence-corrected chi connectivity index (χ2v) is 11.9. The number of rotatable bonds is 3. The number of aromatic nitrogens is 2. The number of hydrogen-bond acceptors (Lipinski definition) is 5. The fourth-order valence-electron chi connectivity index (χ4n) is 8.33. The molecular weight excluding hydrogens is 446 g/mol. The molecule has 2 saturated carbocycles. The Morgan fingerprint density at radius 2 is 1.58 bits per heavy atom. The van der Waals surface area contributed by atoms with Crippen LogP contribution in [0.2, 0.25) is 0 Å². The van der Waals surface area contributed by atoms with Gasteiger partial charge in [0.1, 0.15) is 5.70 Å². The van der Waals surface area contributed by atoms with Crippen molar-refractivity contribution in [1.82, 2.24) is 19.8 Å². The molecule has 4 fully saturated rings. The zero-order valence-corrected chi connectivity index (χ0v) is 21.1. The molecule has 6 nitrogen and oxygen atoms in total. The lowest BCUT2D eigenvalue weighted by molar-refractivity contribution is -0.0485. The van der Waals surface area contributed by atoms with E-state index in [1.165, 1.54) is 57.8 Å². The van der Waals surface area contributed by atoms with Crippen molar-refractivity contribution in [2.24, 2.45) is 16.8 Å². The number of aliphatic imine (C=N–C) groups is 1. The van der Waals surface area contributed by atoms with E-state index in [9.17, 15) is 4.79 Å². The molecule has 1 aromatic heterocycles. The van der Waals surface area contributed by atoms with Gasteiger partial charge < -0.3 is 9.88 Å². The molecule has 6 heteroatoms. The van der Waals surface area contributed by atoms with E-state index < -0.39 is 0 Å². The average molecular weight is 484 g/mol. The van der Waals surface area contributed by atoms with Crippen LogP contribution in [0.5, 0.6) is 0 Å². The number of nitrogens with zero attached hydrogens (tertiary/aromatic N) is 4. The van der Waals surface area contributed by atoms with Crippen molar-refractivity contribution in [3.63, 3.8) is 0 Å². The number of piperidine rings is 2. The third-order valence-corrected chi connectivity index (χ3v) is 9.69. The molecule has 2 saturated heterocycles. The van der Waals surface area contributed by atoms with Gasteiger partial charge in [0.25, 0.3) is 5.56 Å². The van der Waals surface area contributed by atoms with Gasteiger partial charge in [0.2, 0.25) is 0 Å². The highest BCUT2D eigenvalue weighted by atomic mass is 16.1. The van der Waals surface area contributed by atoms with Crippen LogP contribution >= 0.6 is 0 Å². The molecule has 0 unspecified atom stereocenters. The molecule has 3 aliphatic heterocycles. The number of hydrogen-bond donors (Lipinski definition) is 1. The molecule has 36 heavy (non-hydrogen) atoms. The molecule has 1 N–H and O–H groups in total. The summed E-state index contributed by atoms with van der Waals surface area (Å²) >= 11 is 0. The van der Waals surface area contributed by atoms with Gasteiger partial charge in [-0.15, -0.1) is 0 Å². The van der Waals surface area contributed by atoms with Gasteiger partial charge >= 0.3 is 0 Å². The molecule has 4 bridgehead atoms. The van der Waals surface area contributed by atoms with Crippen LogP contribution in [0.15, 0.2) is 52.5 Å². The molecule has 4 heterocycles. The summed E-state index contributed by atoms with van der Waals surface area (Å²) in [7, 11) is 0. The fraction of sp³-hybridized carbons (Fsp3) is 0.567. The molecule has 1 aromatic carbocycles. The monoisotopic (exact) mass is 483 g/mol. The smallest absolute Gasteiger partial charge is 0.279 e. The molecule has 2 aromatic rings. The third kappa shape index (κ3) is 3.85. The van der Waals surface area contributed by atoms with E-state index in [1.807, 2.05) is 18.2 Å². The minimum absolute atomic E-state index is 0.0184. The largest absolute Gasteiger partial charge is 0.359 e. The lowest BCUT2D eigenvalue weighted by atomic mass is 9.68. The van der Waals surface area contributed by atoms with E-state index in [2.05, 4.69) is 32.4 Å². The SMILES string of the molecule is C=C1C=NC(c2nc3ccccc3n([C@H]3C[C@H]4CCC[C@@H](C3)N4[C@H]3C[C@@H]4CCC[C@@H](C4)C3)c2=O)=CN1. The summed E-state index contributed by atoms with van der Waals surface area (Å²) < 4.78 is 2.08. The average Bonchev–Trinajstić information content (AvgIpc) is 2.88. The van der Waals surface area contributed by atoms with Crippen LogP contribution in [0, 0.1) is 11.8 Å². The van der Waals surface area contributed by atoms with Crippen LogP contribution in [-0.2, 0) is 0 Å². The van der Waals surface area contributed by atoms with E-state index >= 15 is 0 Å².